The molecule has 144 valence electrons. The van der Waals surface area contributed by atoms with Crippen LogP contribution in [-0.2, 0) is 6.54 Å². The highest BCUT2D eigenvalue weighted by atomic mass is 15.2. The van der Waals surface area contributed by atoms with Gasteiger partial charge in [-0.3, -0.25) is 9.88 Å². The molecule has 0 aliphatic carbocycles. The molecular formula is C24H33N3. The van der Waals surface area contributed by atoms with Gasteiger partial charge in [-0.2, -0.15) is 0 Å². The lowest BCUT2D eigenvalue weighted by molar-refractivity contribution is 0.0135. The van der Waals surface area contributed by atoms with Crippen molar-refractivity contribution in [1.82, 2.24) is 14.8 Å². The molecule has 2 aliphatic rings. The van der Waals surface area contributed by atoms with Crippen molar-refractivity contribution in [3.63, 3.8) is 0 Å². The third kappa shape index (κ3) is 4.41. The van der Waals surface area contributed by atoms with E-state index in [9.17, 15) is 0 Å². The van der Waals surface area contributed by atoms with Crippen molar-refractivity contribution in [2.45, 2.75) is 45.6 Å². The number of aromatic nitrogens is 1. The Morgan fingerprint density at radius 1 is 1.00 bits per heavy atom. The van der Waals surface area contributed by atoms with Gasteiger partial charge in [-0.25, -0.2) is 0 Å². The van der Waals surface area contributed by atoms with E-state index in [-0.39, 0.29) is 0 Å². The van der Waals surface area contributed by atoms with E-state index in [1.165, 1.54) is 63.2 Å². The third-order valence-corrected chi connectivity index (χ3v) is 6.68. The van der Waals surface area contributed by atoms with Crippen molar-refractivity contribution >= 4 is 0 Å². The molecule has 0 amide bonds. The smallest absolute Gasteiger partial charge is 0.0547 e. The van der Waals surface area contributed by atoms with E-state index in [2.05, 4.69) is 72.2 Å². The van der Waals surface area contributed by atoms with Gasteiger partial charge in [0.2, 0.25) is 0 Å². The van der Waals surface area contributed by atoms with Crippen LogP contribution in [0.4, 0.5) is 0 Å². The van der Waals surface area contributed by atoms with Gasteiger partial charge in [0.05, 0.1) is 5.69 Å². The summed E-state index contributed by atoms with van der Waals surface area (Å²) in [6, 6.07) is 17.6. The van der Waals surface area contributed by atoms with Crippen LogP contribution in [0.3, 0.4) is 0 Å². The highest BCUT2D eigenvalue weighted by Crippen LogP contribution is 2.45. The highest BCUT2D eigenvalue weighted by Gasteiger charge is 2.41. The molecule has 3 nitrogen and oxygen atoms in total. The molecule has 1 aromatic heterocycles. The molecule has 0 N–H and O–H groups in total. The first-order chi connectivity index (χ1) is 13.2. The lowest BCUT2D eigenvalue weighted by Gasteiger charge is -2.50. The summed E-state index contributed by atoms with van der Waals surface area (Å²) >= 11 is 0. The maximum Gasteiger partial charge on any atom is 0.0547 e. The van der Waals surface area contributed by atoms with Gasteiger partial charge in [-0.1, -0.05) is 43.3 Å². The summed E-state index contributed by atoms with van der Waals surface area (Å²) in [4.78, 5) is 10.00. The first-order valence-electron chi connectivity index (χ1n) is 10.6. The lowest BCUT2D eigenvalue weighted by Crippen LogP contribution is -2.51. The maximum atomic E-state index is 4.70. The van der Waals surface area contributed by atoms with Crippen LogP contribution >= 0.6 is 0 Å². The van der Waals surface area contributed by atoms with E-state index in [0.717, 1.165) is 12.2 Å². The molecule has 2 fully saturated rings. The number of likely N-dealkylation sites (N-methyl/N-ethyl adjacent to an activating group) is 1. The summed E-state index contributed by atoms with van der Waals surface area (Å²) in [5.74, 6) is 0.685. The van der Waals surface area contributed by atoms with Gasteiger partial charge >= 0.3 is 0 Å². The molecule has 0 radical (unpaired) electrons. The van der Waals surface area contributed by atoms with E-state index in [4.69, 9.17) is 4.98 Å². The largest absolute Gasteiger partial charge is 0.302 e. The number of piperidine rings is 2. The summed E-state index contributed by atoms with van der Waals surface area (Å²) in [6.07, 6.45) is 3.99. The van der Waals surface area contributed by atoms with Gasteiger partial charge in [0.1, 0.15) is 0 Å². The first-order valence-corrected chi connectivity index (χ1v) is 10.6. The molecule has 2 aromatic rings. The van der Waals surface area contributed by atoms with Crippen LogP contribution in [0.25, 0.3) is 0 Å². The fourth-order valence-electron chi connectivity index (χ4n) is 5.16. The second kappa shape index (κ2) is 8.12. The summed E-state index contributed by atoms with van der Waals surface area (Å²) in [7, 11) is 0. The molecule has 0 saturated carbocycles. The molecule has 2 aliphatic heterocycles. The number of likely N-dealkylation sites (tertiary alicyclic amines) is 2. The van der Waals surface area contributed by atoms with Gasteiger partial charge in [0.25, 0.3) is 0 Å². The normalized spacial score (nSPS) is 23.6. The van der Waals surface area contributed by atoms with E-state index in [1.54, 1.807) is 0 Å². The Morgan fingerprint density at radius 2 is 1.78 bits per heavy atom. The van der Waals surface area contributed by atoms with Crippen LogP contribution in [0, 0.1) is 12.3 Å². The predicted octanol–water partition coefficient (Wildman–Crippen LogP) is 4.48. The van der Waals surface area contributed by atoms with Gasteiger partial charge < -0.3 is 4.90 Å². The Morgan fingerprint density at radius 3 is 2.48 bits per heavy atom. The topological polar surface area (TPSA) is 19.4 Å². The molecule has 1 aromatic carbocycles. The molecular weight excluding hydrogens is 330 g/mol. The second-order valence-corrected chi connectivity index (χ2v) is 8.69. The molecule has 1 atom stereocenters. The van der Waals surface area contributed by atoms with Crippen molar-refractivity contribution in [2.24, 2.45) is 5.41 Å². The number of benzene rings is 1. The fourth-order valence-corrected chi connectivity index (χ4v) is 5.16. The quantitative estimate of drug-likeness (QED) is 0.798. The Kier molecular flexibility index (Phi) is 5.60. The van der Waals surface area contributed by atoms with Gasteiger partial charge in [0, 0.05) is 25.3 Å². The number of hydrogen-bond acceptors (Lipinski definition) is 3. The van der Waals surface area contributed by atoms with Crippen molar-refractivity contribution in [1.29, 1.82) is 0 Å². The molecule has 0 bridgehead atoms. The number of nitrogens with zero attached hydrogens (tertiary/aromatic N) is 3. The van der Waals surface area contributed by atoms with Gasteiger partial charge in [-0.05, 0) is 74.8 Å². The van der Waals surface area contributed by atoms with E-state index in [0.29, 0.717) is 11.3 Å². The van der Waals surface area contributed by atoms with Crippen molar-refractivity contribution in [3.05, 3.63) is 65.5 Å². The molecule has 2 saturated heterocycles. The van der Waals surface area contributed by atoms with Crippen molar-refractivity contribution in [3.8, 4) is 0 Å². The summed E-state index contributed by atoms with van der Waals surface area (Å²) in [5.41, 5.74) is 4.36. The minimum absolute atomic E-state index is 0.491. The maximum absolute atomic E-state index is 4.70. The number of rotatable bonds is 4. The van der Waals surface area contributed by atoms with Crippen LogP contribution in [0.5, 0.6) is 0 Å². The molecule has 0 unspecified atom stereocenters. The number of pyridine rings is 1. The van der Waals surface area contributed by atoms with E-state index in [1.807, 2.05) is 0 Å². The zero-order valence-corrected chi connectivity index (χ0v) is 16.9. The van der Waals surface area contributed by atoms with Crippen molar-refractivity contribution < 1.29 is 0 Å². The van der Waals surface area contributed by atoms with Crippen LogP contribution in [-0.4, -0.2) is 47.5 Å². The average Bonchev–Trinajstić information content (AvgIpc) is 2.70. The Hall–Kier alpha value is -1.71. The lowest BCUT2D eigenvalue weighted by atomic mass is 9.68. The average molecular weight is 364 g/mol. The minimum Gasteiger partial charge on any atom is -0.302 e. The fraction of sp³-hybridized carbons (Fsp3) is 0.542. The summed E-state index contributed by atoms with van der Waals surface area (Å²) in [6.45, 7) is 11.5. The molecule has 1 spiro atoms. The van der Waals surface area contributed by atoms with Gasteiger partial charge in [0.15, 0.2) is 0 Å². The Bertz CT molecular complexity index is 734. The SMILES string of the molecule is CCN1C[C@@H](c2ccccc2)CC2(CCN(Cc3cccc(C)n3)CC2)C1. The number of aryl methyl sites for hydroxylation is 1. The zero-order valence-electron chi connectivity index (χ0n) is 16.9. The standard InChI is InChI=1S/C24H33N3/c1-3-26-17-22(21-9-5-4-6-10-21)16-24(19-26)12-14-27(15-13-24)18-23-11-7-8-20(2)25-23/h4-11,22H,3,12-19H2,1-2H3/t22-/m0/s1. The number of hydrogen-bond donors (Lipinski definition) is 0. The second-order valence-electron chi connectivity index (χ2n) is 8.69. The van der Waals surface area contributed by atoms with Crippen molar-refractivity contribution in [2.75, 3.05) is 32.7 Å². The minimum atomic E-state index is 0.491. The highest BCUT2D eigenvalue weighted by molar-refractivity contribution is 5.21. The molecule has 3 heterocycles. The Balaban J connectivity index is 1.42. The summed E-state index contributed by atoms with van der Waals surface area (Å²) in [5, 5.41) is 0. The predicted molar refractivity (Wildman–Crippen MR) is 112 cm³/mol. The van der Waals surface area contributed by atoms with Crippen LogP contribution in [0.15, 0.2) is 48.5 Å². The van der Waals surface area contributed by atoms with Crippen LogP contribution < -0.4 is 0 Å². The monoisotopic (exact) mass is 363 g/mol. The molecule has 3 heteroatoms. The first kappa shape index (κ1) is 18.6. The summed E-state index contributed by atoms with van der Waals surface area (Å²) < 4.78 is 0. The van der Waals surface area contributed by atoms with Gasteiger partial charge in [-0.15, -0.1) is 0 Å². The van der Waals surface area contributed by atoms with Crippen LogP contribution in [0.2, 0.25) is 0 Å². The van der Waals surface area contributed by atoms with E-state index >= 15 is 0 Å². The molecule has 4 rings (SSSR count). The molecule has 27 heavy (non-hydrogen) atoms. The Labute approximate surface area is 164 Å². The van der Waals surface area contributed by atoms with E-state index < -0.39 is 0 Å². The third-order valence-electron chi connectivity index (χ3n) is 6.68. The van der Waals surface area contributed by atoms with Crippen LogP contribution in [0.1, 0.15) is 49.1 Å². The zero-order chi connectivity index (χ0) is 18.7.